The predicted octanol–water partition coefficient (Wildman–Crippen LogP) is 2.46. The number of halogens is 1. The quantitative estimate of drug-likeness (QED) is 0.868. The molecule has 1 N–H and O–H groups in total. The fraction of sp³-hybridized carbons (Fsp3) is 0.438. The Morgan fingerprint density at radius 3 is 3.09 bits per heavy atom. The van der Waals surface area contributed by atoms with Crippen LogP contribution in [0.2, 0.25) is 5.02 Å². The summed E-state index contributed by atoms with van der Waals surface area (Å²) in [7, 11) is 0. The van der Waals surface area contributed by atoms with E-state index in [4.69, 9.17) is 21.1 Å². The van der Waals surface area contributed by atoms with Gasteiger partial charge in [0.15, 0.2) is 11.5 Å². The Kier molecular flexibility index (Phi) is 4.55. The van der Waals surface area contributed by atoms with Crippen molar-refractivity contribution in [1.29, 1.82) is 0 Å². The number of hydrogen-bond acceptors (Lipinski definition) is 4. The predicted molar refractivity (Wildman–Crippen MR) is 83.0 cm³/mol. The number of carbonyl (C=O) groups excluding carboxylic acids is 1. The summed E-state index contributed by atoms with van der Waals surface area (Å²) >= 11 is 6.12. The molecule has 2 aliphatic heterocycles. The van der Waals surface area contributed by atoms with Crippen LogP contribution in [0.15, 0.2) is 18.2 Å². The van der Waals surface area contributed by atoms with E-state index in [-0.39, 0.29) is 25.3 Å². The SMILES string of the molecule is O=C(/C=C/c1cc(Cl)c2c(c1)OCO2)N1CCCC[C@@H]1CO. The number of aliphatic hydroxyl groups excluding tert-OH is 1. The second-order valence-electron chi connectivity index (χ2n) is 5.43. The molecule has 1 aromatic rings. The van der Waals surface area contributed by atoms with Crippen LogP contribution in [0.3, 0.4) is 0 Å². The molecule has 22 heavy (non-hydrogen) atoms. The lowest BCUT2D eigenvalue weighted by molar-refractivity contribution is -0.130. The van der Waals surface area contributed by atoms with Crippen molar-refractivity contribution in [3.63, 3.8) is 0 Å². The van der Waals surface area contributed by atoms with E-state index < -0.39 is 0 Å². The van der Waals surface area contributed by atoms with Crippen LogP contribution in [0.4, 0.5) is 0 Å². The number of nitrogens with zero attached hydrogens (tertiary/aromatic N) is 1. The van der Waals surface area contributed by atoms with Crippen LogP contribution in [0.1, 0.15) is 24.8 Å². The van der Waals surface area contributed by atoms with Gasteiger partial charge in [-0.15, -0.1) is 0 Å². The largest absolute Gasteiger partial charge is 0.454 e. The van der Waals surface area contributed by atoms with Crippen LogP contribution >= 0.6 is 11.6 Å². The van der Waals surface area contributed by atoms with Crippen molar-refractivity contribution >= 4 is 23.6 Å². The van der Waals surface area contributed by atoms with E-state index in [0.717, 1.165) is 24.8 Å². The molecule has 1 atom stereocenters. The summed E-state index contributed by atoms with van der Waals surface area (Å²) in [4.78, 5) is 14.0. The Labute approximate surface area is 134 Å². The summed E-state index contributed by atoms with van der Waals surface area (Å²) < 4.78 is 10.6. The third-order valence-electron chi connectivity index (χ3n) is 3.99. The van der Waals surface area contributed by atoms with Crippen molar-refractivity contribution in [2.75, 3.05) is 19.9 Å². The molecule has 0 spiro atoms. The minimum Gasteiger partial charge on any atom is -0.454 e. The second kappa shape index (κ2) is 6.58. The highest BCUT2D eigenvalue weighted by Gasteiger charge is 2.24. The molecular weight excluding hydrogens is 306 g/mol. The lowest BCUT2D eigenvalue weighted by Gasteiger charge is -2.33. The topological polar surface area (TPSA) is 59.0 Å². The minimum absolute atomic E-state index is 0.00936. The number of carbonyl (C=O) groups is 1. The molecule has 1 saturated heterocycles. The van der Waals surface area contributed by atoms with Crippen LogP contribution in [-0.2, 0) is 4.79 Å². The fourth-order valence-corrected chi connectivity index (χ4v) is 3.10. The fourth-order valence-electron chi connectivity index (χ4n) is 2.83. The summed E-state index contributed by atoms with van der Waals surface area (Å²) in [6, 6.07) is 3.45. The lowest BCUT2D eigenvalue weighted by atomic mass is 10.0. The van der Waals surface area contributed by atoms with Gasteiger partial charge in [0.05, 0.1) is 17.7 Å². The van der Waals surface area contributed by atoms with Gasteiger partial charge in [0.2, 0.25) is 12.7 Å². The Morgan fingerprint density at radius 1 is 1.41 bits per heavy atom. The summed E-state index contributed by atoms with van der Waals surface area (Å²) in [5.74, 6) is 1.04. The van der Waals surface area contributed by atoms with Crippen molar-refractivity contribution in [2.45, 2.75) is 25.3 Å². The summed E-state index contributed by atoms with van der Waals surface area (Å²) in [6.45, 7) is 0.860. The monoisotopic (exact) mass is 323 g/mol. The Morgan fingerprint density at radius 2 is 2.27 bits per heavy atom. The van der Waals surface area contributed by atoms with Crippen LogP contribution in [0.5, 0.6) is 11.5 Å². The van der Waals surface area contributed by atoms with Crippen molar-refractivity contribution in [3.05, 3.63) is 28.8 Å². The van der Waals surface area contributed by atoms with Gasteiger partial charge < -0.3 is 19.5 Å². The zero-order valence-electron chi connectivity index (χ0n) is 12.1. The third-order valence-corrected chi connectivity index (χ3v) is 4.27. The van der Waals surface area contributed by atoms with E-state index in [1.807, 2.05) is 0 Å². The molecule has 2 aliphatic rings. The van der Waals surface area contributed by atoms with Gasteiger partial charge in [-0.05, 0) is 43.0 Å². The number of piperidine rings is 1. The van der Waals surface area contributed by atoms with E-state index in [1.54, 1.807) is 23.1 Å². The molecule has 0 saturated carbocycles. The molecule has 0 aliphatic carbocycles. The van der Waals surface area contributed by atoms with Gasteiger partial charge in [-0.1, -0.05) is 11.6 Å². The average molecular weight is 324 g/mol. The number of amides is 1. The highest BCUT2D eigenvalue weighted by molar-refractivity contribution is 6.32. The van der Waals surface area contributed by atoms with Gasteiger partial charge in [-0.25, -0.2) is 0 Å². The second-order valence-corrected chi connectivity index (χ2v) is 5.84. The number of hydrogen-bond donors (Lipinski definition) is 1. The third kappa shape index (κ3) is 3.05. The highest BCUT2D eigenvalue weighted by Crippen LogP contribution is 2.40. The summed E-state index contributed by atoms with van der Waals surface area (Å²) in [5, 5.41) is 9.84. The standard InChI is InChI=1S/C16H18ClNO4/c17-13-7-11(8-14-16(13)22-10-21-14)4-5-15(20)18-6-2-1-3-12(18)9-19/h4-5,7-8,12,19H,1-3,6,9-10H2/b5-4+/t12-/m1/s1. The van der Waals surface area contributed by atoms with Gasteiger partial charge in [-0.2, -0.15) is 0 Å². The maximum atomic E-state index is 12.3. The maximum absolute atomic E-state index is 12.3. The Hall–Kier alpha value is -1.72. The number of ether oxygens (including phenoxy) is 2. The molecule has 1 aromatic carbocycles. The Bertz CT molecular complexity index is 602. The molecule has 0 unspecified atom stereocenters. The smallest absolute Gasteiger partial charge is 0.246 e. The Balaban J connectivity index is 1.73. The highest BCUT2D eigenvalue weighted by atomic mass is 35.5. The first-order chi connectivity index (χ1) is 10.7. The first kappa shape index (κ1) is 15.2. The molecule has 5 nitrogen and oxygen atoms in total. The van der Waals surface area contributed by atoms with E-state index in [1.165, 1.54) is 6.08 Å². The molecule has 6 heteroatoms. The maximum Gasteiger partial charge on any atom is 0.246 e. The lowest BCUT2D eigenvalue weighted by Crippen LogP contribution is -2.44. The van der Waals surface area contributed by atoms with Gasteiger partial charge in [0.1, 0.15) is 0 Å². The molecular formula is C16H18ClNO4. The minimum atomic E-state index is -0.0902. The molecule has 1 fully saturated rings. The summed E-state index contributed by atoms with van der Waals surface area (Å²) in [5.41, 5.74) is 0.778. The number of likely N-dealkylation sites (tertiary alicyclic amines) is 1. The van der Waals surface area contributed by atoms with E-state index >= 15 is 0 Å². The first-order valence-electron chi connectivity index (χ1n) is 7.37. The van der Waals surface area contributed by atoms with Crippen LogP contribution < -0.4 is 9.47 Å². The molecule has 0 radical (unpaired) electrons. The zero-order valence-corrected chi connectivity index (χ0v) is 12.9. The van der Waals surface area contributed by atoms with E-state index in [0.29, 0.717) is 23.1 Å². The van der Waals surface area contributed by atoms with Crippen LogP contribution in [0.25, 0.3) is 6.08 Å². The molecule has 3 rings (SSSR count). The van der Waals surface area contributed by atoms with Crippen molar-refractivity contribution in [2.24, 2.45) is 0 Å². The van der Waals surface area contributed by atoms with Gasteiger partial charge in [0.25, 0.3) is 0 Å². The number of benzene rings is 1. The molecule has 0 aromatic heterocycles. The van der Waals surface area contributed by atoms with E-state index in [9.17, 15) is 9.90 Å². The van der Waals surface area contributed by atoms with Gasteiger partial charge >= 0.3 is 0 Å². The molecule has 118 valence electrons. The normalized spacial score (nSPS) is 20.6. The van der Waals surface area contributed by atoms with E-state index in [2.05, 4.69) is 0 Å². The van der Waals surface area contributed by atoms with Crippen molar-refractivity contribution in [1.82, 2.24) is 4.90 Å². The number of fused-ring (bicyclic) bond motifs is 1. The molecule has 2 heterocycles. The zero-order chi connectivity index (χ0) is 15.5. The van der Waals surface area contributed by atoms with Crippen molar-refractivity contribution in [3.8, 4) is 11.5 Å². The van der Waals surface area contributed by atoms with Crippen LogP contribution in [-0.4, -0.2) is 41.9 Å². The van der Waals surface area contributed by atoms with Gasteiger partial charge in [-0.3, -0.25) is 4.79 Å². The van der Waals surface area contributed by atoms with Gasteiger partial charge in [0, 0.05) is 12.6 Å². The van der Waals surface area contributed by atoms with Crippen molar-refractivity contribution < 1.29 is 19.4 Å². The number of rotatable bonds is 3. The van der Waals surface area contributed by atoms with Crippen LogP contribution in [0, 0.1) is 0 Å². The molecule has 1 amide bonds. The first-order valence-corrected chi connectivity index (χ1v) is 7.75. The number of aliphatic hydroxyl groups is 1. The average Bonchev–Trinajstić information content (AvgIpc) is 3.01. The summed E-state index contributed by atoms with van der Waals surface area (Å²) in [6.07, 6.45) is 6.11. The molecule has 0 bridgehead atoms.